The molecule has 3 rings (SSSR count). The maximum atomic E-state index is 12.8. The Bertz CT molecular complexity index is 708. The molecule has 1 aromatic carbocycles. The van der Waals surface area contributed by atoms with Crippen LogP contribution in [0.25, 0.3) is 11.3 Å². The van der Waals surface area contributed by atoms with E-state index in [-0.39, 0.29) is 5.91 Å². The number of hydrogen-bond acceptors (Lipinski definition) is 5. The Morgan fingerprint density at radius 1 is 1.31 bits per heavy atom. The summed E-state index contributed by atoms with van der Waals surface area (Å²) >= 11 is 0. The van der Waals surface area contributed by atoms with Gasteiger partial charge in [0.25, 0.3) is 5.91 Å². The molecule has 0 spiro atoms. The Labute approximate surface area is 153 Å². The van der Waals surface area contributed by atoms with E-state index in [2.05, 4.69) is 15.1 Å². The lowest BCUT2D eigenvalue weighted by molar-refractivity contribution is 0.0327. The fourth-order valence-corrected chi connectivity index (χ4v) is 3.00. The van der Waals surface area contributed by atoms with Gasteiger partial charge in [0.05, 0.1) is 26.0 Å². The molecule has 1 fully saturated rings. The van der Waals surface area contributed by atoms with Crippen molar-refractivity contribution in [2.45, 2.75) is 6.92 Å². The normalized spacial score (nSPS) is 15.0. The molecule has 0 atom stereocenters. The Hall–Kier alpha value is -2.38. The van der Waals surface area contributed by atoms with Gasteiger partial charge in [-0.25, -0.2) is 0 Å². The van der Waals surface area contributed by atoms with Gasteiger partial charge >= 0.3 is 0 Å². The Morgan fingerprint density at radius 2 is 2.04 bits per heavy atom. The van der Waals surface area contributed by atoms with Crippen molar-refractivity contribution in [3.63, 3.8) is 0 Å². The Morgan fingerprint density at radius 3 is 2.69 bits per heavy atom. The van der Waals surface area contributed by atoms with Crippen LogP contribution in [0.2, 0.25) is 0 Å². The average Bonchev–Trinajstić information content (AvgIpc) is 3.19. The minimum atomic E-state index is -0.0204. The lowest BCUT2D eigenvalue weighted by atomic mass is 10.1. The number of nitrogens with one attached hydrogen (secondary N) is 1. The predicted molar refractivity (Wildman–Crippen MR) is 99.4 cm³/mol. The molecule has 1 aromatic heterocycles. The zero-order valence-corrected chi connectivity index (χ0v) is 15.4. The number of aromatic nitrogens is 2. The van der Waals surface area contributed by atoms with Gasteiger partial charge in [0.2, 0.25) is 0 Å². The van der Waals surface area contributed by atoms with Crippen LogP contribution in [0.4, 0.5) is 0 Å². The number of hydrogen-bond donors (Lipinski definition) is 1. The summed E-state index contributed by atoms with van der Waals surface area (Å²) in [6.45, 7) is 7.62. The highest BCUT2D eigenvalue weighted by Gasteiger charge is 2.19. The van der Waals surface area contributed by atoms with Gasteiger partial charge in [-0.2, -0.15) is 5.10 Å². The number of morpholine rings is 1. The van der Waals surface area contributed by atoms with Crippen molar-refractivity contribution in [3.05, 3.63) is 36.0 Å². The van der Waals surface area contributed by atoms with E-state index in [0.29, 0.717) is 18.8 Å². The molecule has 0 saturated carbocycles. The highest BCUT2D eigenvalue weighted by Crippen LogP contribution is 2.21. The monoisotopic (exact) mass is 358 g/mol. The third kappa shape index (κ3) is 4.42. The number of ether oxygens (including phenoxy) is 2. The summed E-state index contributed by atoms with van der Waals surface area (Å²) in [4.78, 5) is 17.0. The van der Waals surface area contributed by atoms with Crippen LogP contribution in [-0.4, -0.2) is 79.0 Å². The molecule has 1 aliphatic heterocycles. The van der Waals surface area contributed by atoms with Crippen molar-refractivity contribution >= 4 is 5.91 Å². The van der Waals surface area contributed by atoms with Gasteiger partial charge in [0, 0.05) is 38.3 Å². The van der Waals surface area contributed by atoms with Crippen LogP contribution in [0.15, 0.2) is 30.3 Å². The molecule has 2 aromatic rings. The summed E-state index contributed by atoms with van der Waals surface area (Å²) < 4.78 is 10.5. The van der Waals surface area contributed by atoms with Crippen molar-refractivity contribution in [2.24, 2.45) is 0 Å². The fraction of sp³-hybridized carbons (Fsp3) is 0.474. The second-order valence-electron chi connectivity index (χ2n) is 6.23. The summed E-state index contributed by atoms with van der Waals surface area (Å²) in [5.74, 6) is 0.772. The van der Waals surface area contributed by atoms with E-state index in [4.69, 9.17) is 9.47 Å². The van der Waals surface area contributed by atoms with E-state index in [1.54, 1.807) is 7.11 Å². The van der Waals surface area contributed by atoms with Gasteiger partial charge in [0.15, 0.2) is 0 Å². The standard InChI is InChI=1S/C19H26N4O3/c1-3-23(9-8-22-10-12-26-13-11-22)19(24)18-14-17(20-21-18)15-4-6-16(25-2)7-5-15/h4-7,14H,3,8-13H2,1-2H3,(H,20,21). The van der Waals surface area contributed by atoms with Crippen LogP contribution in [0.3, 0.4) is 0 Å². The van der Waals surface area contributed by atoms with Crippen LogP contribution < -0.4 is 4.74 Å². The number of carbonyl (C=O) groups excluding carboxylic acids is 1. The summed E-state index contributed by atoms with van der Waals surface area (Å²) in [6.07, 6.45) is 0. The molecule has 7 heteroatoms. The molecule has 1 aliphatic rings. The van der Waals surface area contributed by atoms with Crippen molar-refractivity contribution in [2.75, 3.05) is 53.0 Å². The maximum Gasteiger partial charge on any atom is 0.271 e. The molecule has 0 aliphatic carbocycles. The zero-order chi connectivity index (χ0) is 18.4. The largest absolute Gasteiger partial charge is 0.497 e. The summed E-state index contributed by atoms with van der Waals surface area (Å²) in [5, 5.41) is 7.17. The molecule has 26 heavy (non-hydrogen) atoms. The third-order valence-electron chi connectivity index (χ3n) is 4.65. The van der Waals surface area contributed by atoms with E-state index in [1.165, 1.54) is 0 Å². The van der Waals surface area contributed by atoms with E-state index in [1.807, 2.05) is 42.2 Å². The van der Waals surface area contributed by atoms with Gasteiger partial charge in [0.1, 0.15) is 11.4 Å². The predicted octanol–water partition coefficient (Wildman–Crippen LogP) is 1.88. The number of methoxy groups -OCH3 is 1. The molecule has 2 heterocycles. The second-order valence-corrected chi connectivity index (χ2v) is 6.23. The fourth-order valence-electron chi connectivity index (χ4n) is 3.00. The topological polar surface area (TPSA) is 70.7 Å². The molecular weight excluding hydrogens is 332 g/mol. The second kappa shape index (κ2) is 8.82. The molecule has 7 nitrogen and oxygen atoms in total. The number of benzene rings is 1. The highest BCUT2D eigenvalue weighted by atomic mass is 16.5. The van der Waals surface area contributed by atoms with E-state index in [9.17, 15) is 4.79 Å². The van der Waals surface area contributed by atoms with Crippen molar-refractivity contribution < 1.29 is 14.3 Å². The summed E-state index contributed by atoms with van der Waals surface area (Å²) in [5.41, 5.74) is 2.21. The minimum absolute atomic E-state index is 0.0204. The Balaban J connectivity index is 1.63. The van der Waals surface area contributed by atoms with Crippen LogP contribution in [-0.2, 0) is 4.74 Å². The first-order chi connectivity index (χ1) is 12.7. The van der Waals surface area contributed by atoms with Gasteiger partial charge < -0.3 is 14.4 Å². The smallest absolute Gasteiger partial charge is 0.271 e. The van der Waals surface area contributed by atoms with Crippen LogP contribution in [0.5, 0.6) is 5.75 Å². The molecule has 0 unspecified atom stereocenters. The van der Waals surface area contributed by atoms with E-state index in [0.717, 1.165) is 49.9 Å². The molecule has 1 N–H and O–H groups in total. The number of H-pyrrole nitrogens is 1. The van der Waals surface area contributed by atoms with Crippen molar-refractivity contribution in [1.82, 2.24) is 20.0 Å². The number of likely N-dealkylation sites (N-methyl/N-ethyl adjacent to an activating group) is 1. The lowest BCUT2D eigenvalue weighted by Crippen LogP contribution is -2.43. The van der Waals surface area contributed by atoms with Crippen LogP contribution >= 0.6 is 0 Å². The maximum absolute atomic E-state index is 12.8. The number of amides is 1. The van der Waals surface area contributed by atoms with Gasteiger partial charge in [-0.3, -0.25) is 14.8 Å². The quantitative estimate of drug-likeness (QED) is 0.818. The molecule has 1 saturated heterocycles. The first-order valence-electron chi connectivity index (χ1n) is 9.00. The van der Waals surface area contributed by atoms with E-state index < -0.39 is 0 Å². The third-order valence-corrected chi connectivity index (χ3v) is 4.65. The molecule has 1 amide bonds. The van der Waals surface area contributed by atoms with Gasteiger partial charge in [-0.1, -0.05) is 0 Å². The van der Waals surface area contributed by atoms with Gasteiger partial charge in [-0.15, -0.1) is 0 Å². The van der Waals surface area contributed by atoms with Crippen LogP contribution in [0.1, 0.15) is 17.4 Å². The van der Waals surface area contributed by atoms with Crippen LogP contribution in [0, 0.1) is 0 Å². The van der Waals surface area contributed by atoms with Crippen molar-refractivity contribution in [1.29, 1.82) is 0 Å². The van der Waals surface area contributed by atoms with Gasteiger partial charge in [-0.05, 0) is 37.3 Å². The first-order valence-corrected chi connectivity index (χ1v) is 9.00. The molecule has 140 valence electrons. The van der Waals surface area contributed by atoms with Crippen molar-refractivity contribution in [3.8, 4) is 17.0 Å². The minimum Gasteiger partial charge on any atom is -0.497 e. The number of aromatic amines is 1. The summed E-state index contributed by atoms with van der Waals surface area (Å²) in [6, 6.07) is 9.43. The average molecular weight is 358 g/mol. The Kier molecular flexibility index (Phi) is 6.25. The lowest BCUT2D eigenvalue weighted by Gasteiger charge is -2.29. The SMILES string of the molecule is CCN(CCN1CCOCC1)C(=O)c1cc(-c2ccc(OC)cc2)n[nH]1. The molecule has 0 bridgehead atoms. The highest BCUT2D eigenvalue weighted by molar-refractivity contribution is 5.93. The molecule has 0 radical (unpaired) electrons. The molecular formula is C19H26N4O3. The number of carbonyl (C=O) groups is 1. The zero-order valence-electron chi connectivity index (χ0n) is 15.4. The number of rotatable bonds is 7. The first kappa shape index (κ1) is 18.4. The summed E-state index contributed by atoms with van der Waals surface area (Å²) in [7, 11) is 1.64. The number of nitrogens with zero attached hydrogens (tertiary/aromatic N) is 3. The van der Waals surface area contributed by atoms with E-state index >= 15 is 0 Å².